The summed E-state index contributed by atoms with van der Waals surface area (Å²) in [5, 5.41) is 13.4. The molecule has 0 bridgehead atoms. The van der Waals surface area contributed by atoms with Crippen molar-refractivity contribution in [3.8, 4) is 6.07 Å². The molecule has 1 fully saturated rings. The average Bonchev–Trinajstić information content (AvgIpc) is 3.25. The van der Waals surface area contributed by atoms with Crippen LogP contribution in [-0.4, -0.2) is 49.3 Å². The van der Waals surface area contributed by atoms with E-state index in [1.165, 1.54) is 0 Å². The molecule has 0 radical (unpaired) electrons. The highest BCUT2D eigenvalue weighted by atomic mass is 16.5. The molecular weight excluding hydrogens is 342 g/mol. The van der Waals surface area contributed by atoms with Crippen LogP contribution >= 0.6 is 0 Å². The summed E-state index contributed by atoms with van der Waals surface area (Å²) in [6.45, 7) is 8.39. The maximum Gasteiger partial charge on any atom is 0.149 e. The highest BCUT2D eigenvalue weighted by Crippen LogP contribution is 2.33. The fraction of sp³-hybridized carbons (Fsp3) is 0.500. The topological polar surface area (TPSA) is 77.6 Å². The normalized spacial score (nSPS) is 17.4. The van der Waals surface area contributed by atoms with Crippen molar-refractivity contribution in [2.24, 2.45) is 0 Å². The van der Waals surface area contributed by atoms with Gasteiger partial charge >= 0.3 is 0 Å². The Morgan fingerprint density at radius 1 is 1.26 bits per heavy atom. The molecule has 2 aliphatic heterocycles. The molecule has 1 saturated heterocycles. The Balaban J connectivity index is 1.73. The molecule has 0 amide bonds. The molecule has 0 saturated carbocycles. The fourth-order valence-corrected chi connectivity index (χ4v) is 3.80. The number of nitrogens with one attached hydrogen (secondary N) is 1. The van der Waals surface area contributed by atoms with E-state index in [1.807, 2.05) is 12.1 Å². The van der Waals surface area contributed by atoms with Crippen molar-refractivity contribution in [3.05, 3.63) is 40.8 Å². The van der Waals surface area contributed by atoms with E-state index >= 15 is 0 Å². The summed E-state index contributed by atoms with van der Waals surface area (Å²) >= 11 is 0. The van der Waals surface area contributed by atoms with Gasteiger partial charge in [-0.2, -0.15) is 5.26 Å². The third-order valence-electron chi connectivity index (χ3n) is 5.33. The molecule has 0 aliphatic carbocycles. The number of aromatic nitrogens is 1. The minimum absolute atomic E-state index is 0.576. The molecule has 7 nitrogen and oxygen atoms in total. The smallest absolute Gasteiger partial charge is 0.149 e. The van der Waals surface area contributed by atoms with Crippen molar-refractivity contribution < 1.29 is 9.15 Å². The molecule has 0 aromatic carbocycles. The van der Waals surface area contributed by atoms with Crippen LogP contribution in [-0.2, 0) is 24.2 Å². The van der Waals surface area contributed by atoms with Gasteiger partial charge in [0.1, 0.15) is 23.5 Å². The van der Waals surface area contributed by atoms with E-state index in [1.54, 1.807) is 6.26 Å². The quantitative estimate of drug-likeness (QED) is 0.869. The van der Waals surface area contributed by atoms with E-state index < -0.39 is 0 Å². The second kappa shape index (κ2) is 7.99. The molecule has 2 aromatic heterocycles. The summed E-state index contributed by atoms with van der Waals surface area (Å²) in [5.41, 5.74) is 3.01. The third kappa shape index (κ3) is 3.64. The molecule has 1 N–H and O–H groups in total. The lowest BCUT2D eigenvalue weighted by Gasteiger charge is -2.33. The number of nitrogens with zero attached hydrogens (tertiary/aromatic N) is 4. The lowest BCUT2D eigenvalue weighted by molar-refractivity contribution is 0.122. The first kappa shape index (κ1) is 17.8. The van der Waals surface area contributed by atoms with Gasteiger partial charge in [-0.15, -0.1) is 0 Å². The zero-order valence-electron chi connectivity index (χ0n) is 15.7. The van der Waals surface area contributed by atoms with Gasteiger partial charge in [0, 0.05) is 31.7 Å². The zero-order chi connectivity index (χ0) is 18.6. The lowest BCUT2D eigenvalue weighted by Crippen LogP contribution is -2.38. The van der Waals surface area contributed by atoms with E-state index in [2.05, 4.69) is 28.1 Å². The van der Waals surface area contributed by atoms with Gasteiger partial charge in [0.25, 0.3) is 0 Å². The molecule has 0 atom stereocenters. The molecule has 142 valence electrons. The minimum Gasteiger partial charge on any atom is -0.467 e. The van der Waals surface area contributed by atoms with Gasteiger partial charge < -0.3 is 19.4 Å². The standard InChI is InChI=1S/C20H25N5O2/c1-2-24-6-5-16-17(12-21)20(25-7-10-26-11-8-25)23-19(18(16)14-24)22-13-15-4-3-9-27-15/h3-4,9H,2,5-8,10-11,13-14H2,1H3,(H,22,23). The first-order valence-corrected chi connectivity index (χ1v) is 9.57. The van der Waals surface area contributed by atoms with Gasteiger partial charge in [-0.25, -0.2) is 4.98 Å². The van der Waals surface area contributed by atoms with E-state index in [9.17, 15) is 5.26 Å². The van der Waals surface area contributed by atoms with Crippen molar-refractivity contribution in [2.45, 2.75) is 26.4 Å². The zero-order valence-corrected chi connectivity index (χ0v) is 15.7. The monoisotopic (exact) mass is 367 g/mol. The number of hydrogen-bond donors (Lipinski definition) is 1. The summed E-state index contributed by atoms with van der Waals surface area (Å²) in [6.07, 6.45) is 2.55. The van der Waals surface area contributed by atoms with Crippen molar-refractivity contribution in [1.82, 2.24) is 9.88 Å². The van der Waals surface area contributed by atoms with E-state index in [4.69, 9.17) is 14.1 Å². The molecule has 2 aromatic rings. The van der Waals surface area contributed by atoms with Gasteiger partial charge in [-0.05, 0) is 30.7 Å². The van der Waals surface area contributed by atoms with Gasteiger partial charge in [0.2, 0.25) is 0 Å². The van der Waals surface area contributed by atoms with Crippen LogP contribution in [0.3, 0.4) is 0 Å². The molecule has 27 heavy (non-hydrogen) atoms. The van der Waals surface area contributed by atoms with E-state index in [0.29, 0.717) is 19.8 Å². The van der Waals surface area contributed by atoms with Gasteiger partial charge in [-0.3, -0.25) is 4.90 Å². The summed E-state index contributed by atoms with van der Waals surface area (Å²) < 4.78 is 10.9. The van der Waals surface area contributed by atoms with Gasteiger partial charge in [-0.1, -0.05) is 6.92 Å². The number of likely N-dealkylation sites (N-methyl/N-ethyl adjacent to an activating group) is 1. The SMILES string of the molecule is CCN1CCc2c(C#N)c(N3CCOCC3)nc(NCc3ccco3)c2C1. The fourth-order valence-electron chi connectivity index (χ4n) is 3.80. The Morgan fingerprint density at radius 2 is 2.11 bits per heavy atom. The van der Waals surface area contributed by atoms with Gasteiger partial charge in [0.05, 0.1) is 31.6 Å². The maximum absolute atomic E-state index is 9.90. The Labute approximate surface area is 159 Å². The summed E-state index contributed by atoms with van der Waals surface area (Å²) in [7, 11) is 0. The number of nitriles is 1. The molecule has 0 unspecified atom stereocenters. The van der Waals surface area contributed by atoms with Crippen LogP contribution in [0.5, 0.6) is 0 Å². The Bertz CT molecular complexity index is 822. The summed E-state index contributed by atoms with van der Waals surface area (Å²) in [6, 6.07) is 6.28. The number of anilines is 2. The van der Waals surface area contributed by atoms with Crippen LogP contribution in [0.2, 0.25) is 0 Å². The first-order valence-electron chi connectivity index (χ1n) is 9.57. The Kier molecular flexibility index (Phi) is 5.28. The van der Waals surface area contributed by atoms with Crippen molar-refractivity contribution in [2.75, 3.05) is 49.6 Å². The molecule has 4 heterocycles. The van der Waals surface area contributed by atoms with Crippen LogP contribution in [0, 0.1) is 11.3 Å². The minimum atomic E-state index is 0.576. The molecule has 7 heteroatoms. The average molecular weight is 367 g/mol. The Morgan fingerprint density at radius 3 is 2.81 bits per heavy atom. The molecule has 0 spiro atoms. The largest absolute Gasteiger partial charge is 0.467 e. The number of fused-ring (bicyclic) bond motifs is 1. The number of hydrogen-bond acceptors (Lipinski definition) is 7. The first-order chi connectivity index (χ1) is 13.3. The molecule has 2 aliphatic rings. The second-order valence-corrected chi connectivity index (χ2v) is 6.88. The number of ether oxygens (including phenoxy) is 1. The van der Waals surface area contributed by atoms with E-state index in [0.717, 1.165) is 73.2 Å². The van der Waals surface area contributed by atoms with Crippen LogP contribution in [0.1, 0.15) is 29.4 Å². The van der Waals surface area contributed by atoms with Crippen LogP contribution in [0.4, 0.5) is 11.6 Å². The predicted molar refractivity (Wildman–Crippen MR) is 103 cm³/mol. The summed E-state index contributed by atoms with van der Waals surface area (Å²) in [5.74, 6) is 2.51. The third-order valence-corrected chi connectivity index (χ3v) is 5.33. The van der Waals surface area contributed by atoms with Crippen LogP contribution < -0.4 is 10.2 Å². The molecular formula is C20H25N5O2. The lowest BCUT2D eigenvalue weighted by atomic mass is 9.95. The van der Waals surface area contributed by atoms with Crippen molar-refractivity contribution >= 4 is 11.6 Å². The summed E-state index contributed by atoms with van der Waals surface area (Å²) in [4.78, 5) is 9.48. The Hall–Kier alpha value is -2.56. The van der Waals surface area contributed by atoms with E-state index in [-0.39, 0.29) is 0 Å². The van der Waals surface area contributed by atoms with Crippen LogP contribution in [0.25, 0.3) is 0 Å². The van der Waals surface area contributed by atoms with Crippen molar-refractivity contribution in [1.29, 1.82) is 5.26 Å². The second-order valence-electron chi connectivity index (χ2n) is 6.88. The highest BCUT2D eigenvalue weighted by Gasteiger charge is 2.27. The van der Waals surface area contributed by atoms with Crippen LogP contribution in [0.15, 0.2) is 22.8 Å². The van der Waals surface area contributed by atoms with Crippen molar-refractivity contribution in [3.63, 3.8) is 0 Å². The van der Waals surface area contributed by atoms with Gasteiger partial charge in [0.15, 0.2) is 0 Å². The number of rotatable bonds is 5. The number of furan rings is 1. The molecule has 4 rings (SSSR count). The number of morpholine rings is 1. The number of pyridine rings is 1. The maximum atomic E-state index is 9.90. The predicted octanol–water partition coefficient (Wildman–Crippen LogP) is 2.37. The highest BCUT2D eigenvalue weighted by molar-refractivity contribution is 5.67.